The summed E-state index contributed by atoms with van der Waals surface area (Å²) in [5.74, 6) is 0.478. The fourth-order valence-electron chi connectivity index (χ4n) is 2.93. The Hall–Kier alpha value is -2.39. The van der Waals surface area contributed by atoms with Gasteiger partial charge >= 0.3 is 0 Å². The van der Waals surface area contributed by atoms with E-state index in [2.05, 4.69) is 16.3 Å². The van der Waals surface area contributed by atoms with E-state index in [4.69, 9.17) is 5.26 Å². The van der Waals surface area contributed by atoms with Crippen LogP contribution in [0.1, 0.15) is 28.8 Å². The summed E-state index contributed by atoms with van der Waals surface area (Å²) in [7, 11) is 3.55. The van der Waals surface area contributed by atoms with Crippen LogP contribution in [-0.4, -0.2) is 61.9 Å². The van der Waals surface area contributed by atoms with E-state index in [0.717, 1.165) is 31.5 Å². The van der Waals surface area contributed by atoms with E-state index >= 15 is 0 Å². The van der Waals surface area contributed by atoms with Crippen molar-refractivity contribution < 1.29 is 9.59 Å². The number of piperidine rings is 1. The molecule has 0 aliphatic carbocycles. The highest BCUT2D eigenvalue weighted by molar-refractivity contribution is 5.94. The Morgan fingerprint density at radius 2 is 2.04 bits per heavy atom. The van der Waals surface area contributed by atoms with Crippen LogP contribution in [0.4, 0.5) is 0 Å². The van der Waals surface area contributed by atoms with Gasteiger partial charge in [0.05, 0.1) is 19.0 Å². The molecular formula is C19H26N4O2. The Labute approximate surface area is 149 Å². The topological polar surface area (TPSA) is 76.4 Å². The van der Waals surface area contributed by atoms with Gasteiger partial charge in [-0.3, -0.25) is 14.5 Å². The second kappa shape index (κ2) is 9.19. The van der Waals surface area contributed by atoms with Crippen LogP contribution < -0.4 is 5.32 Å². The van der Waals surface area contributed by atoms with Gasteiger partial charge in [0.25, 0.3) is 5.91 Å². The number of carbonyl (C=O) groups excluding carboxylic acids is 2. The van der Waals surface area contributed by atoms with E-state index in [9.17, 15) is 9.59 Å². The molecule has 6 nitrogen and oxygen atoms in total. The molecule has 1 N–H and O–H groups in total. The second-order valence-corrected chi connectivity index (χ2v) is 6.75. The van der Waals surface area contributed by atoms with Crippen LogP contribution in [0, 0.1) is 17.2 Å². The maximum atomic E-state index is 12.3. The quantitative estimate of drug-likeness (QED) is 0.845. The zero-order valence-electron chi connectivity index (χ0n) is 15.0. The predicted octanol–water partition coefficient (Wildman–Crippen LogP) is 1.28. The maximum absolute atomic E-state index is 12.3. The number of likely N-dealkylation sites (tertiary alicyclic amines) is 1. The van der Waals surface area contributed by atoms with Gasteiger partial charge in [0.15, 0.2) is 0 Å². The normalized spacial score (nSPS) is 15.4. The molecule has 0 aromatic heterocycles. The minimum atomic E-state index is -0.0926. The highest BCUT2D eigenvalue weighted by atomic mass is 16.2. The predicted molar refractivity (Wildman–Crippen MR) is 96.0 cm³/mol. The number of hydrogen-bond acceptors (Lipinski definition) is 4. The molecule has 1 fully saturated rings. The second-order valence-electron chi connectivity index (χ2n) is 6.75. The number of nitrogens with zero attached hydrogens (tertiary/aromatic N) is 3. The third-order valence-electron chi connectivity index (χ3n) is 4.59. The van der Waals surface area contributed by atoms with Crippen LogP contribution in [0.5, 0.6) is 0 Å². The summed E-state index contributed by atoms with van der Waals surface area (Å²) in [6, 6.07) is 9.30. The molecule has 1 aliphatic heterocycles. The lowest BCUT2D eigenvalue weighted by atomic mass is 9.96. The number of likely N-dealkylation sites (N-methyl/N-ethyl adjacent to an activating group) is 1. The summed E-state index contributed by atoms with van der Waals surface area (Å²) in [6.45, 7) is 2.89. The van der Waals surface area contributed by atoms with Crippen molar-refractivity contribution in [3.8, 4) is 6.07 Å². The molecule has 134 valence electrons. The average molecular weight is 342 g/mol. The Kier molecular flexibility index (Phi) is 6.96. The minimum Gasteiger partial charge on any atom is -0.352 e. The van der Waals surface area contributed by atoms with Crippen LogP contribution >= 0.6 is 0 Å². The Morgan fingerprint density at radius 1 is 1.32 bits per heavy atom. The summed E-state index contributed by atoms with van der Waals surface area (Å²) in [4.78, 5) is 27.8. The molecule has 0 bridgehead atoms. The molecular weight excluding hydrogens is 316 g/mol. The lowest BCUT2D eigenvalue weighted by Crippen LogP contribution is -2.43. The molecule has 25 heavy (non-hydrogen) atoms. The Balaban J connectivity index is 1.75. The fourth-order valence-corrected chi connectivity index (χ4v) is 2.93. The van der Waals surface area contributed by atoms with Gasteiger partial charge < -0.3 is 10.2 Å². The Bertz CT molecular complexity index is 643. The van der Waals surface area contributed by atoms with Gasteiger partial charge in [-0.2, -0.15) is 5.26 Å². The first kappa shape index (κ1) is 18.9. The van der Waals surface area contributed by atoms with Crippen LogP contribution in [0.3, 0.4) is 0 Å². The molecule has 1 aromatic rings. The van der Waals surface area contributed by atoms with Gasteiger partial charge in [-0.1, -0.05) is 12.1 Å². The van der Waals surface area contributed by atoms with Crippen molar-refractivity contribution >= 4 is 11.8 Å². The van der Waals surface area contributed by atoms with E-state index in [0.29, 0.717) is 31.0 Å². The van der Waals surface area contributed by atoms with Gasteiger partial charge in [-0.15, -0.1) is 0 Å². The monoisotopic (exact) mass is 342 g/mol. The van der Waals surface area contributed by atoms with Crippen LogP contribution in [0.2, 0.25) is 0 Å². The molecule has 2 amide bonds. The SMILES string of the molecule is CN(C)C(=O)CN1CCC(CNC(=O)c2cccc(CC#N)c2)CC1. The van der Waals surface area contributed by atoms with Gasteiger partial charge in [0.1, 0.15) is 0 Å². The standard InChI is InChI=1S/C19H26N4O2/c1-22(2)18(24)14-23-10-7-16(8-11-23)13-21-19(25)17-5-3-4-15(12-17)6-9-20/h3-5,12,16H,6-8,10-11,13-14H2,1-2H3,(H,21,25). The molecule has 1 aliphatic rings. The van der Waals surface area contributed by atoms with Gasteiger partial charge in [0, 0.05) is 26.2 Å². The lowest BCUT2D eigenvalue weighted by molar-refractivity contribution is -0.130. The molecule has 0 atom stereocenters. The van der Waals surface area contributed by atoms with Gasteiger partial charge in [-0.05, 0) is 49.5 Å². The van der Waals surface area contributed by atoms with E-state index in [1.807, 2.05) is 12.1 Å². The summed E-state index contributed by atoms with van der Waals surface area (Å²) >= 11 is 0. The number of nitrogens with one attached hydrogen (secondary N) is 1. The van der Waals surface area contributed by atoms with E-state index < -0.39 is 0 Å². The summed E-state index contributed by atoms with van der Waals surface area (Å²) < 4.78 is 0. The molecule has 1 heterocycles. The number of benzene rings is 1. The Morgan fingerprint density at radius 3 is 2.68 bits per heavy atom. The number of carbonyl (C=O) groups is 2. The number of nitriles is 1. The van der Waals surface area contributed by atoms with E-state index in [-0.39, 0.29) is 11.8 Å². The van der Waals surface area contributed by atoms with Crippen molar-refractivity contribution in [2.75, 3.05) is 40.3 Å². The minimum absolute atomic E-state index is 0.0926. The maximum Gasteiger partial charge on any atom is 0.251 e. The molecule has 0 spiro atoms. The zero-order chi connectivity index (χ0) is 18.2. The first-order valence-electron chi connectivity index (χ1n) is 8.66. The number of rotatable bonds is 6. The van der Waals surface area contributed by atoms with Gasteiger partial charge in [0.2, 0.25) is 5.91 Å². The molecule has 6 heteroatoms. The smallest absolute Gasteiger partial charge is 0.251 e. The average Bonchev–Trinajstić information content (AvgIpc) is 2.61. The first-order valence-corrected chi connectivity index (χ1v) is 8.66. The number of hydrogen-bond donors (Lipinski definition) is 1. The molecule has 0 unspecified atom stereocenters. The van der Waals surface area contributed by atoms with E-state index in [1.165, 1.54) is 0 Å². The number of amides is 2. The summed E-state index contributed by atoms with van der Waals surface area (Å²) in [5.41, 5.74) is 1.45. The van der Waals surface area contributed by atoms with Crippen molar-refractivity contribution in [1.29, 1.82) is 5.26 Å². The molecule has 1 aromatic carbocycles. The molecule has 1 saturated heterocycles. The first-order chi connectivity index (χ1) is 12.0. The zero-order valence-corrected chi connectivity index (χ0v) is 15.0. The van der Waals surface area contributed by atoms with Crippen molar-refractivity contribution in [2.24, 2.45) is 5.92 Å². The van der Waals surface area contributed by atoms with E-state index in [1.54, 1.807) is 31.1 Å². The lowest BCUT2D eigenvalue weighted by Gasteiger charge is -2.32. The highest BCUT2D eigenvalue weighted by Crippen LogP contribution is 2.16. The molecule has 2 rings (SSSR count). The summed E-state index contributed by atoms with van der Waals surface area (Å²) in [5, 5.41) is 11.7. The van der Waals surface area contributed by atoms with Crippen LogP contribution in [0.15, 0.2) is 24.3 Å². The fraction of sp³-hybridized carbons (Fsp3) is 0.526. The van der Waals surface area contributed by atoms with Crippen molar-refractivity contribution in [2.45, 2.75) is 19.3 Å². The third kappa shape index (κ3) is 5.87. The molecule has 0 saturated carbocycles. The third-order valence-corrected chi connectivity index (χ3v) is 4.59. The van der Waals surface area contributed by atoms with Crippen molar-refractivity contribution in [3.05, 3.63) is 35.4 Å². The summed E-state index contributed by atoms with van der Waals surface area (Å²) in [6.07, 6.45) is 2.27. The van der Waals surface area contributed by atoms with Gasteiger partial charge in [-0.25, -0.2) is 0 Å². The van der Waals surface area contributed by atoms with Crippen molar-refractivity contribution in [3.63, 3.8) is 0 Å². The van der Waals surface area contributed by atoms with Crippen LogP contribution in [0.25, 0.3) is 0 Å². The van der Waals surface area contributed by atoms with Crippen molar-refractivity contribution in [1.82, 2.24) is 15.1 Å². The van der Waals surface area contributed by atoms with Crippen LogP contribution in [-0.2, 0) is 11.2 Å². The molecule has 0 radical (unpaired) electrons. The largest absolute Gasteiger partial charge is 0.352 e. The highest BCUT2D eigenvalue weighted by Gasteiger charge is 2.21.